The first-order chi connectivity index (χ1) is 12.8. The fraction of sp³-hybridized carbons (Fsp3) is 0.350. The number of aliphatic hydroxyl groups excluding tert-OH is 1. The summed E-state index contributed by atoms with van der Waals surface area (Å²) >= 11 is 5.84. The molecular weight excluding hydrogens is 388 g/mol. The molecule has 0 amide bonds. The largest absolute Gasteiger partial charge is 0.481 e. The van der Waals surface area contributed by atoms with Crippen LogP contribution in [0.25, 0.3) is 0 Å². The highest BCUT2D eigenvalue weighted by molar-refractivity contribution is 7.92. The Bertz CT molecular complexity index is 834. The van der Waals surface area contributed by atoms with Crippen molar-refractivity contribution in [1.82, 2.24) is 0 Å². The number of carboxylic acids is 1. The van der Waals surface area contributed by atoms with Crippen molar-refractivity contribution >= 4 is 27.4 Å². The third kappa shape index (κ3) is 6.34. The van der Waals surface area contributed by atoms with Crippen LogP contribution in [0.2, 0.25) is 5.02 Å². The summed E-state index contributed by atoms with van der Waals surface area (Å²) in [5.41, 5.74) is 0.978. The predicted molar refractivity (Wildman–Crippen MR) is 105 cm³/mol. The Balaban J connectivity index is 2.21. The van der Waals surface area contributed by atoms with Crippen LogP contribution in [0.4, 0.5) is 0 Å². The van der Waals surface area contributed by atoms with Gasteiger partial charge in [-0.25, -0.2) is 8.42 Å². The lowest BCUT2D eigenvalue weighted by Gasteiger charge is -2.23. The molecule has 27 heavy (non-hydrogen) atoms. The van der Waals surface area contributed by atoms with Crippen molar-refractivity contribution in [1.29, 1.82) is 0 Å². The zero-order valence-electron chi connectivity index (χ0n) is 14.8. The van der Waals surface area contributed by atoms with Gasteiger partial charge in [-0.3, -0.25) is 4.79 Å². The molecule has 0 bridgehead atoms. The highest BCUT2D eigenvalue weighted by Crippen LogP contribution is 2.26. The number of rotatable bonds is 10. The van der Waals surface area contributed by atoms with E-state index in [4.69, 9.17) is 16.7 Å². The summed E-state index contributed by atoms with van der Waals surface area (Å²) in [6.45, 7) is 0. The van der Waals surface area contributed by atoms with Crippen molar-refractivity contribution in [3.63, 3.8) is 0 Å². The average Bonchev–Trinajstić information content (AvgIpc) is 2.62. The Hall–Kier alpha value is -1.89. The molecule has 2 N–H and O–H groups in total. The predicted octanol–water partition coefficient (Wildman–Crippen LogP) is 3.73. The van der Waals surface area contributed by atoms with Crippen LogP contribution < -0.4 is 0 Å². The summed E-state index contributed by atoms with van der Waals surface area (Å²) in [5, 5.41) is 18.7. The van der Waals surface area contributed by atoms with E-state index in [0.717, 1.165) is 5.56 Å². The van der Waals surface area contributed by atoms with E-state index in [1.54, 1.807) is 0 Å². The highest BCUT2D eigenvalue weighted by Gasteiger charge is 2.33. The van der Waals surface area contributed by atoms with Gasteiger partial charge < -0.3 is 10.2 Å². The number of halogens is 1. The minimum absolute atomic E-state index is 0.0993. The number of carboxylic acid groups (broad SMARTS) is 1. The normalized spacial score (nSPS) is 13.9. The summed E-state index contributed by atoms with van der Waals surface area (Å²) < 4.78 is 26.2. The lowest BCUT2D eigenvalue weighted by atomic mass is 10.0. The number of aryl methyl sites for hydroxylation is 1. The minimum atomic E-state index is -3.79. The second-order valence-electron chi connectivity index (χ2n) is 6.41. The summed E-state index contributed by atoms with van der Waals surface area (Å²) in [4.78, 5) is 10.8. The Morgan fingerprint density at radius 3 is 2.22 bits per heavy atom. The molecule has 0 aromatic heterocycles. The van der Waals surface area contributed by atoms with Gasteiger partial charge in [0.25, 0.3) is 0 Å². The lowest BCUT2D eigenvalue weighted by molar-refractivity contribution is -0.137. The number of aliphatic carboxylic acids is 1. The van der Waals surface area contributed by atoms with Crippen molar-refractivity contribution in [3.05, 3.63) is 65.2 Å². The van der Waals surface area contributed by atoms with E-state index in [9.17, 15) is 18.3 Å². The van der Waals surface area contributed by atoms with E-state index >= 15 is 0 Å². The lowest BCUT2D eigenvalue weighted by Crippen LogP contribution is -2.35. The van der Waals surface area contributed by atoms with Crippen LogP contribution in [-0.2, 0) is 21.1 Å². The van der Waals surface area contributed by atoms with Gasteiger partial charge in [-0.1, -0.05) is 41.9 Å². The number of sulfone groups is 1. The molecule has 0 heterocycles. The van der Waals surface area contributed by atoms with Crippen LogP contribution in [0.15, 0.2) is 59.5 Å². The minimum Gasteiger partial charge on any atom is -0.481 e. The standard InChI is InChI=1S/C20H23ClO5S/c21-16-10-12-17(13-11-16)27(25,26)19(18(22)7-4-8-20(23)24)14-9-15-5-2-1-3-6-15/h1-3,5-6,10-13,18-19,22H,4,7-9,14H2,(H,23,24). The van der Waals surface area contributed by atoms with Gasteiger partial charge in [0.15, 0.2) is 9.84 Å². The fourth-order valence-corrected chi connectivity index (χ4v) is 4.92. The van der Waals surface area contributed by atoms with E-state index in [2.05, 4.69) is 0 Å². The van der Waals surface area contributed by atoms with Gasteiger partial charge in [0.2, 0.25) is 0 Å². The average molecular weight is 411 g/mol. The van der Waals surface area contributed by atoms with E-state index in [1.165, 1.54) is 24.3 Å². The molecule has 0 saturated carbocycles. The Morgan fingerprint density at radius 2 is 1.63 bits per heavy atom. The molecule has 146 valence electrons. The molecule has 2 unspecified atom stereocenters. The first-order valence-electron chi connectivity index (χ1n) is 8.74. The number of hydrogen-bond acceptors (Lipinski definition) is 4. The van der Waals surface area contributed by atoms with Gasteiger partial charge in [-0.15, -0.1) is 0 Å². The molecule has 2 rings (SSSR count). The van der Waals surface area contributed by atoms with Gasteiger partial charge in [0.05, 0.1) is 16.2 Å². The molecular formula is C20H23ClO5S. The van der Waals surface area contributed by atoms with E-state index in [1.807, 2.05) is 30.3 Å². The van der Waals surface area contributed by atoms with Crippen LogP contribution in [0, 0.1) is 0 Å². The number of aliphatic hydroxyl groups is 1. The summed E-state index contributed by atoms with van der Waals surface area (Å²) in [7, 11) is -3.79. The van der Waals surface area contributed by atoms with Gasteiger partial charge in [-0.2, -0.15) is 0 Å². The Labute approximate surface area is 164 Å². The highest BCUT2D eigenvalue weighted by atomic mass is 35.5. The molecule has 2 aromatic carbocycles. The molecule has 2 aromatic rings. The van der Waals surface area contributed by atoms with Gasteiger partial charge in [0, 0.05) is 11.4 Å². The van der Waals surface area contributed by atoms with Crippen LogP contribution >= 0.6 is 11.6 Å². The van der Waals surface area contributed by atoms with Gasteiger partial charge in [-0.05, 0) is 55.5 Å². The second kappa shape index (κ2) is 9.88. The summed E-state index contributed by atoms with van der Waals surface area (Å²) in [5.74, 6) is -0.969. The summed E-state index contributed by atoms with van der Waals surface area (Å²) in [6.07, 6.45) is -0.192. The molecule has 2 atom stereocenters. The van der Waals surface area contributed by atoms with Gasteiger partial charge in [0.1, 0.15) is 0 Å². The van der Waals surface area contributed by atoms with Crippen molar-refractivity contribution < 1.29 is 23.4 Å². The monoisotopic (exact) mass is 410 g/mol. The third-order valence-electron chi connectivity index (χ3n) is 4.42. The molecule has 0 radical (unpaired) electrons. The van der Waals surface area contributed by atoms with Crippen LogP contribution in [0.3, 0.4) is 0 Å². The zero-order valence-corrected chi connectivity index (χ0v) is 16.4. The number of hydrogen-bond donors (Lipinski definition) is 2. The molecule has 0 aliphatic heterocycles. The third-order valence-corrected chi connectivity index (χ3v) is 6.95. The molecule has 0 saturated heterocycles. The molecule has 0 aliphatic rings. The van der Waals surface area contributed by atoms with E-state index in [0.29, 0.717) is 11.4 Å². The first-order valence-corrected chi connectivity index (χ1v) is 10.7. The van der Waals surface area contributed by atoms with Crippen LogP contribution in [-0.4, -0.2) is 36.0 Å². The smallest absolute Gasteiger partial charge is 0.303 e. The molecule has 7 heteroatoms. The number of carbonyl (C=O) groups is 1. The maximum absolute atomic E-state index is 13.1. The van der Waals surface area contributed by atoms with Crippen molar-refractivity contribution in [2.24, 2.45) is 0 Å². The Morgan fingerprint density at radius 1 is 1.00 bits per heavy atom. The molecule has 0 fully saturated rings. The topological polar surface area (TPSA) is 91.7 Å². The SMILES string of the molecule is O=C(O)CCCC(O)C(CCc1ccccc1)S(=O)(=O)c1ccc(Cl)cc1. The summed E-state index contributed by atoms with van der Waals surface area (Å²) in [6, 6.07) is 15.3. The maximum atomic E-state index is 13.1. The molecule has 0 spiro atoms. The van der Waals surface area contributed by atoms with E-state index < -0.39 is 27.2 Å². The molecule has 0 aliphatic carbocycles. The molecule has 5 nitrogen and oxygen atoms in total. The van der Waals surface area contributed by atoms with Crippen molar-refractivity contribution in [2.45, 2.75) is 48.4 Å². The fourth-order valence-electron chi connectivity index (χ4n) is 2.96. The zero-order chi connectivity index (χ0) is 19.9. The van der Waals surface area contributed by atoms with Gasteiger partial charge >= 0.3 is 5.97 Å². The van der Waals surface area contributed by atoms with Crippen LogP contribution in [0.5, 0.6) is 0 Å². The van der Waals surface area contributed by atoms with E-state index in [-0.39, 0.29) is 30.6 Å². The first kappa shape index (κ1) is 21.4. The van der Waals surface area contributed by atoms with Crippen molar-refractivity contribution in [2.75, 3.05) is 0 Å². The van der Waals surface area contributed by atoms with Crippen LogP contribution in [0.1, 0.15) is 31.2 Å². The maximum Gasteiger partial charge on any atom is 0.303 e. The number of benzene rings is 2. The van der Waals surface area contributed by atoms with Crippen molar-refractivity contribution in [3.8, 4) is 0 Å². The second-order valence-corrected chi connectivity index (χ2v) is 9.02. The quantitative estimate of drug-likeness (QED) is 0.622. The Kier molecular flexibility index (Phi) is 7.83.